The summed E-state index contributed by atoms with van der Waals surface area (Å²) in [7, 11) is 1.40. The first-order chi connectivity index (χ1) is 35.1. The number of carbonyl (C=O) groups excluding carboxylic acids is 6. The zero-order valence-electron chi connectivity index (χ0n) is 41.8. The SMILES string of the molecule is COC(=O)CCCCCN(CC(=O)NC1CCc2ccccc21)CC(=O)NC1CCc2ccccc21.O=C(CCCCCN(CC(=O)NC1CCc2ccccc21)CC(=O)NC1CCc2ccccc21)NO. The number of hydrogen-bond acceptors (Lipinski definition) is 10. The molecule has 384 valence electrons. The number of benzene rings is 4. The highest BCUT2D eigenvalue weighted by Crippen LogP contribution is 2.33. The van der Waals surface area contributed by atoms with Gasteiger partial charge in [0, 0.05) is 12.8 Å². The molecular weight excluding hydrogens is 911 g/mol. The van der Waals surface area contributed by atoms with Crippen molar-refractivity contribution in [2.24, 2.45) is 0 Å². The van der Waals surface area contributed by atoms with Gasteiger partial charge in [-0.1, -0.05) is 110 Å². The maximum absolute atomic E-state index is 13.0. The number of aryl methyl sites for hydroxylation is 4. The molecule has 4 aliphatic rings. The molecule has 0 aromatic heterocycles. The first-order valence-corrected chi connectivity index (χ1v) is 26.0. The van der Waals surface area contributed by atoms with Gasteiger partial charge in [0.05, 0.1) is 57.5 Å². The molecule has 0 saturated heterocycles. The lowest BCUT2D eigenvalue weighted by atomic mass is 10.1. The van der Waals surface area contributed by atoms with Gasteiger partial charge in [-0.05, 0) is 135 Å². The third-order valence-electron chi connectivity index (χ3n) is 14.4. The van der Waals surface area contributed by atoms with Gasteiger partial charge in [-0.3, -0.25) is 43.8 Å². The minimum Gasteiger partial charge on any atom is -0.469 e. The predicted octanol–water partition coefficient (Wildman–Crippen LogP) is 6.59. The van der Waals surface area contributed by atoms with Gasteiger partial charge < -0.3 is 26.0 Å². The number of amides is 5. The van der Waals surface area contributed by atoms with E-state index in [9.17, 15) is 28.8 Å². The summed E-state index contributed by atoms with van der Waals surface area (Å²) in [6, 6.07) is 33.0. The van der Waals surface area contributed by atoms with E-state index in [2.05, 4.69) is 69.8 Å². The van der Waals surface area contributed by atoms with Gasteiger partial charge in [-0.2, -0.15) is 0 Å². The molecule has 15 heteroatoms. The van der Waals surface area contributed by atoms with E-state index in [1.807, 2.05) is 58.3 Å². The minimum atomic E-state index is -0.403. The van der Waals surface area contributed by atoms with E-state index in [4.69, 9.17) is 9.94 Å². The number of methoxy groups -OCH3 is 1. The van der Waals surface area contributed by atoms with Gasteiger partial charge in [-0.15, -0.1) is 0 Å². The van der Waals surface area contributed by atoms with Crippen LogP contribution in [-0.4, -0.2) is 96.9 Å². The van der Waals surface area contributed by atoms with Gasteiger partial charge in [0.2, 0.25) is 29.5 Å². The van der Waals surface area contributed by atoms with E-state index >= 15 is 0 Å². The Balaban J connectivity index is 0.000000211. The largest absolute Gasteiger partial charge is 0.469 e. The van der Waals surface area contributed by atoms with Crippen molar-refractivity contribution < 1.29 is 38.7 Å². The monoisotopic (exact) mass is 984 g/mol. The Morgan fingerprint density at radius 1 is 0.444 bits per heavy atom. The highest BCUT2D eigenvalue weighted by Gasteiger charge is 2.29. The summed E-state index contributed by atoms with van der Waals surface area (Å²) in [5.74, 6) is -0.917. The molecule has 4 unspecified atom stereocenters. The molecule has 72 heavy (non-hydrogen) atoms. The smallest absolute Gasteiger partial charge is 0.305 e. The van der Waals surface area contributed by atoms with Crippen molar-refractivity contribution in [1.29, 1.82) is 0 Å². The molecule has 0 bridgehead atoms. The fourth-order valence-corrected chi connectivity index (χ4v) is 10.8. The average molecular weight is 984 g/mol. The van der Waals surface area contributed by atoms with Crippen LogP contribution < -0.4 is 26.7 Å². The number of nitrogens with one attached hydrogen (secondary N) is 5. The Labute approximate surface area is 424 Å². The molecule has 15 nitrogen and oxygen atoms in total. The van der Waals surface area contributed by atoms with Crippen LogP contribution in [0.3, 0.4) is 0 Å². The molecule has 0 heterocycles. The highest BCUT2D eigenvalue weighted by atomic mass is 16.5. The van der Waals surface area contributed by atoms with Crippen LogP contribution in [0.5, 0.6) is 0 Å². The summed E-state index contributed by atoms with van der Waals surface area (Å²) in [5.41, 5.74) is 11.5. The first-order valence-electron chi connectivity index (χ1n) is 26.0. The summed E-state index contributed by atoms with van der Waals surface area (Å²) in [5, 5.41) is 21.3. The van der Waals surface area contributed by atoms with Gasteiger partial charge in [-0.25, -0.2) is 5.48 Å². The Hall–Kier alpha value is -6.42. The third kappa shape index (κ3) is 15.8. The number of unbranched alkanes of at least 4 members (excludes halogenated alkanes) is 4. The number of hydrogen-bond donors (Lipinski definition) is 6. The normalized spacial score (nSPS) is 17.9. The number of carbonyl (C=O) groups is 6. The molecule has 4 atom stereocenters. The second-order valence-electron chi connectivity index (χ2n) is 19.6. The Kier molecular flexibility index (Phi) is 20.3. The van der Waals surface area contributed by atoms with E-state index in [1.54, 1.807) is 5.48 Å². The molecule has 4 aliphatic carbocycles. The van der Waals surface area contributed by atoms with Crippen LogP contribution in [0.15, 0.2) is 97.1 Å². The summed E-state index contributed by atoms with van der Waals surface area (Å²) in [4.78, 5) is 78.3. The van der Waals surface area contributed by atoms with Gasteiger partial charge in [0.15, 0.2) is 0 Å². The minimum absolute atomic E-state index is 0.0105. The number of rotatable bonds is 24. The Bertz CT molecular complexity index is 2170. The Morgan fingerprint density at radius 2 is 0.750 bits per heavy atom. The number of nitrogens with zero attached hydrogens (tertiary/aromatic N) is 2. The predicted molar refractivity (Wildman–Crippen MR) is 274 cm³/mol. The van der Waals surface area contributed by atoms with Crippen LogP contribution in [0, 0.1) is 0 Å². The molecule has 5 amide bonds. The molecule has 0 fully saturated rings. The zero-order chi connectivity index (χ0) is 50.7. The molecule has 0 aliphatic heterocycles. The molecule has 4 aromatic rings. The maximum atomic E-state index is 13.0. The maximum Gasteiger partial charge on any atom is 0.305 e. The fraction of sp³-hybridized carbons (Fsp3) is 0.474. The van der Waals surface area contributed by atoms with Crippen LogP contribution >= 0.6 is 0 Å². The second-order valence-corrected chi connectivity index (χ2v) is 19.6. The fourth-order valence-electron chi connectivity index (χ4n) is 10.8. The van der Waals surface area contributed by atoms with Crippen molar-refractivity contribution in [3.63, 3.8) is 0 Å². The van der Waals surface area contributed by atoms with Crippen molar-refractivity contribution in [3.8, 4) is 0 Å². The van der Waals surface area contributed by atoms with E-state index in [-0.39, 0.29) is 86.4 Å². The van der Waals surface area contributed by atoms with Crippen LogP contribution in [0.25, 0.3) is 0 Å². The Morgan fingerprint density at radius 3 is 1.06 bits per heavy atom. The van der Waals surface area contributed by atoms with E-state index in [0.717, 1.165) is 83.5 Å². The van der Waals surface area contributed by atoms with E-state index in [1.165, 1.54) is 51.6 Å². The summed E-state index contributed by atoms with van der Waals surface area (Å²) >= 11 is 0. The van der Waals surface area contributed by atoms with Crippen LogP contribution in [0.2, 0.25) is 0 Å². The average Bonchev–Trinajstić information content (AvgIpc) is 4.20. The number of hydroxylamine groups is 1. The standard InChI is InChI=1S/C29H37N3O4.C28H36N4O4/c1-36-29(35)13-3-2-8-18-32(19-27(33)30-25-16-14-21-9-4-6-11-23(21)25)20-28(34)31-26-17-15-22-10-5-7-12-24(22)26;33-26(31-36)12-2-1-7-17-32(18-27(34)29-24-15-13-20-8-3-5-10-22(20)24)19-28(35)30-25-16-14-21-9-4-6-11-23(21)25/h4-7,9-12,25-26H,2-3,8,13-20H2,1H3,(H,30,33)(H,31,34);3-6,8-11,24-25,36H,1-2,7,12-19H2,(H,29,34)(H,30,35)(H,31,33). The summed E-state index contributed by atoms with van der Waals surface area (Å²) in [6.07, 6.45) is 12.6. The lowest BCUT2D eigenvalue weighted by Gasteiger charge is -2.24. The third-order valence-corrected chi connectivity index (χ3v) is 14.4. The summed E-state index contributed by atoms with van der Waals surface area (Å²) < 4.78 is 4.70. The topological polar surface area (TPSA) is 199 Å². The number of esters is 1. The lowest BCUT2D eigenvalue weighted by molar-refractivity contribution is -0.140. The number of fused-ring (bicyclic) bond motifs is 4. The highest BCUT2D eigenvalue weighted by molar-refractivity contribution is 5.83. The number of ether oxygens (including phenoxy) is 1. The van der Waals surface area contributed by atoms with Crippen LogP contribution in [-0.2, 0) is 59.2 Å². The molecular formula is C57H73N7O8. The van der Waals surface area contributed by atoms with Gasteiger partial charge in [0.25, 0.3) is 0 Å². The van der Waals surface area contributed by atoms with Crippen molar-refractivity contribution in [1.82, 2.24) is 36.5 Å². The van der Waals surface area contributed by atoms with Crippen molar-refractivity contribution in [3.05, 3.63) is 142 Å². The van der Waals surface area contributed by atoms with Crippen molar-refractivity contribution in [2.75, 3.05) is 46.4 Å². The van der Waals surface area contributed by atoms with Gasteiger partial charge >= 0.3 is 5.97 Å². The molecule has 0 radical (unpaired) electrons. The zero-order valence-corrected chi connectivity index (χ0v) is 41.8. The quantitative estimate of drug-likeness (QED) is 0.0193. The van der Waals surface area contributed by atoms with E-state index < -0.39 is 5.91 Å². The second kappa shape index (κ2) is 27.4. The summed E-state index contributed by atoms with van der Waals surface area (Å²) in [6.45, 7) is 1.82. The van der Waals surface area contributed by atoms with Crippen LogP contribution in [0.4, 0.5) is 0 Å². The molecule has 0 saturated carbocycles. The lowest BCUT2D eigenvalue weighted by Crippen LogP contribution is -2.44. The molecule has 4 aromatic carbocycles. The molecule has 0 spiro atoms. The van der Waals surface area contributed by atoms with Crippen LogP contribution in [0.1, 0.15) is 146 Å². The van der Waals surface area contributed by atoms with E-state index in [0.29, 0.717) is 25.9 Å². The molecule has 8 rings (SSSR count). The molecule has 6 N–H and O–H groups in total. The van der Waals surface area contributed by atoms with Crippen molar-refractivity contribution in [2.45, 2.75) is 127 Å². The first kappa shape index (κ1) is 53.4. The van der Waals surface area contributed by atoms with Gasteiger partial charge in [0.1, 0.15) is 0 Å². The van der Waals surface area contributed by atoms with Crippen molar-refractivity contribution >= 4 is 35.5 Å².